The monoisotopic (exact) mass is 422 g/mol. The van der Waals surface area contributed by atoms with Gasteiger partial charge in [0.05, 0.1) is 10.5 Å². The Morgan fingerprint density at radius 1 is 1.07 bits per heavy atom. The highest BCUT2D eigenvalue weighted by atomic mass is 19.4. The maximum Gasteiger partial charge on any atom is 0.416 e. The third-order valence-electron chi connectivity index (χ3n) is 4.94. The molecule has 0 aromatic heterocycles. The Balaban J connectivity index is 1.49. The third-order valence-corrected chi connectivity index (χ3v) is 4.94. The van der Waals surface area contributed by atoms with Gasteiger partial charge in [-0.25, -0.2) is 0 Å². The number of nitrogens with zero attached hydrogens (tertiary/aromatic N) is 3. The second-order valence-corrected chi connectivity index (χ2v) is 6.95. The summed E-state index contributed by atoms with van der Waals surface area (Å²) in [6.07, 6.45) is -4.21. The summed E-state index contributed by atoms with van der Waals surface area (Å²) in [6, 6.07) is 11.2. The van der Waals surface area contributed by atoms with Gasteiger partial charge >= 0.3 is 6.18 Å². The summed E-state index contributed by atoms with van der Waals surface area (Å²) in [4.78, 5) is 26.6. The van der Waals surface area contributed by atoms with Crippen LogP contribution in [-0.4, -0.2) is 48.5 Å². The fourth-order valence-corrected chi connectivity index (χ4v) is 3.32. The van der Waals surface area contributed by atoms with Crippen LogP contribution in [0, 0.1) is 10.1 Å². The lowest BCUT2D eigenvalue weighted by Crippen LogP contribution is -2.47. The molecule has 30 heavy (non-hydrogen) atoms. The number of hydrogen-bond acceptors (Lipinski definition) is 5. The Kier molecular flexibility index (Phi) is 6.56. The molecular formula is C20H21F3N4O3. The van der Waals surface area contributed by atoms with E-state index in [0.717, 1.165) is 12.1 Å². The second kappa shape index (κ2) is 9.12. The van der Waals surface area contributed by atoms with Crippen LogP contribution in [0.15, 0.2) is 48.5 Å². The minimum Gasteiger partial charge on any atom is -0.369 e. The van der Waals surface area contributed by atoms with E-state index in [-0.39, 0.29) is 23.7 Å². The molecule has 1 aliphatic heterocycles. The average molecular weight is 422 g/mol. The quantitative estimate of drug-likeness (QED) is 0.567. The van der Waals surface area contributed by atoms with Gasteiger partial charge in [-0.3, -0.25) is 19.8 Å². The van der Waals surface area contributed by atoms with Crippen molar-refractivity contribution in [1.82, 2.24) is 4.90 Å². The Morgan fingerprint density at radius 2 is 1.77 bits per heavy atom. The zero-order valence-electron chi connectivity index (χ0n) is 16.1. The van der Waals surface area contributed by atoms with E-state index in [1.54, 1.807) is 12.1 Å². The number of rotatable bonds is 6. The van der Waals surface area contributed by atoms with Crippen LogP contribution in [0.3, 0.4) is 0 Å². The van der Waals surface area contributed by atoms with Gasteiger partial charge in [0, 0.05) is 50.9 Å². The summed E-state index contributed by atoms with van der Waals surface area (Å²) < 4.78 is 38.7. The highest BCUT2D eigenvalue weighted by molar-refractivity contribution is 5.93. The number of benzene rings is 2. The summed E-state index contributed by atoms with van der Waals surface area (Å²) in [5.41, 5.74) is -0.157. The molecular weight excluding hydrogens is 401 g/mol. The number of anilines is 2. The highest BCUT2D eigenvalue weighted by Gasteiger charge is 2.31. The van der Waals surface area contributed by atoms with E-state index < -0.39 is 16.7 Å². The zero-order valence-corrected chi connectivity index (χ0v) is 16.1. The lowest BCUT2D eigenvalue weighted by atomic mass is 10.1. The Labute approximate surface area is 171 Å². The SMILES string of the molecule is O=C(CCN1CCN(c2cccc(C(F)(F)F)c2)CC1)Nc1ccccc1[N+](=O)[O-]. The fraction of sp³-hybridized carbons (Fsp3) is 0.350. The summed E-state index contributed by atoms with van der Waals surface area (Å²) in [7, 11) is 0. The Hall–Kier alpha value is -3.14. The molecule has 0 saturated carbocycles. The van der Waals surface area contributed by atoms with E-state index in [0.29, 0.717) is 38.4 Å². The Bertz CT molecular complexity index is 912. The van der Waals surface area contributed by atoms with Crippen LogP contribution in [0.25, 0.3) is 0 Å². The van der Waals surface area contributed by atoms with Crippen molar-refractivity contribution in [2.75, 3.05) is 42.9 Å². The number of hydrogen-bond donors (Lipinski definition) is 1. The summed E-state index contributed by atoms with van der Waals surface area (Å²) in [6.45, 7) is 2.77. The molecule has 0 spiro atoms. The summed E-state index contributed by atoms with van der Waals surface area (Å²) in [5, 5.41) is 13.6. The first-order chi connectivity index (χ1) is 14.2. The molecule has 0 atom stereocenters. The van der Waals surface area contributed by atoms with Crippen molar-refractivity contribution in [3.05, 3.63) is 64.2 Å². The molecule has 0 unspecified atom stereocenters. The van der Waals surface area contributed by atoms with Crippen LogP contribution in [0.5, 0.6) is 0 Å². The predicted molar refractivity (Wildman–Crippen MR) is 106 cm³/mol. The number of nitrogens with one attached hydrogen (secondary N) is 1. The first-order valence-corrected chi connectivity index (χ1v) is 9.42. The smallest absolute Gasteiger partial charge is 0.369 e. The number of para-hydroxylation sites is 2. The van der Waals surface area contributed by atoms with Crippen molar-refractivity contribution in [2.24, 2.45) is 0 Å². The molecule has 1 N–H and O–H groups in total. The van der Waals surface area contributed by atoms with Crippen LogP contribution in [0.2, 0.25) is 0 Å². The topological polar surface area (TPSA) is 78.7 Å². The number of piperazine rings is 1. The predicted octanol–water partition coefficient (Wildman–Crippen LogP) is 3.76. The van der Waals surface area contributed by atoms with Gasteiger partial charge in [0.15, 0.2) is 0 Å². The van der Waals surface area contributed by atoms with Gasteiger partial charge in [0.1, 0.15) is 5.69 Å². The van der Waals surface area contributed by atoms with Crippen LogP contribution in [-0.2, 0) is 11.0 Å². The van der Waals surface area contributed by atoms with E-state index in [9.17, 15) is 28.1 Å². The van der Waals surface area contributed by atoms with Crippen LogP contribution < -0.4 is 10.2 Å². The first-order valence-electron chi connectivity index (χ1n) is 9.42. The molecule has 2 aromatic carbocycles. The molecule has 0 aliphatic carbocycles. The van der Waals surface area contributed by atoms with E-state index >= 15 is 0 Å². The zero-order chi connectivity index (χ0) is 21.7. The second-order valence-electron chi connectivity index (χ2n) is 6.95. The molecule has 7 nitrogen and oxygen atoms in total. The molecule has 1 heterocycles. The van der Waals surface area contributed by atoms with Gasteiger partial charge in [0.25, 0.3) is 5.69 Å². The van der Waals surface area contributed by atoms with Crippen molar-refractivity contribution < 1.29 is 22.9 Å². The number of carbonyl (C=O) groups is 1. The molecule has 160 valence electrons. The van der Waals surface area contributed by atoms with Crippen molar-refractivity contribution in [2.45, 2.75) is 12.6 Å². The number of carbonyl (C=O) groups excluding carboxylic acids is 1. The molecule has 0 radical (unpaired) electrons. The van der Waals surface area contributed by atoms with Crippen molar-refractivity contribution in [3.63, 3.8) is 0 Å². The first kappa shape index (κ1) is 21.6. The van der Waals surface area contributed by atoms with Gasteiger partial charge in [0.2, 0.25) is 5.91 Å². The van der Waals surface area contributed by atoms with Crippen LogP contribution >= 0.6 is 0 Å². The standard InChI is InChI=1S/C20H21F3N4O3/c21-20(22,23)15-4-3-5-16(14-15)26-12-10-25(11-13-26)9-8-19(28)24-17-6-1-2-7-18(17)27(29)30/h1-7,14H,8-13H2,(H,24,28). The van der Waals surface area contributed by atoms with Gasteiger partial charge in [-0.1, -0.05) is 18.2 Å². The molecule has 2 aromatic rings. The van der Waals surface area contributed by atoms with Crippen LogP contribution in [0.1, 0.15) is 12.0 Å². The maximum absolute atomic E-state index is 12.9. The fourth-order valence-electron chi connectivity index (χ4n) is 3.32. The minimum atomic E-state index is -4.38. The molecule has 3 rings (SSSR count). The van der Waals surface area contributed by atoms with Gasteiger partial charge in [-0.2, -0.15) is 13.2 Å². The van der Waals surface area contributed by atoms with E-state index in [1.807, 2.05) is 9.80 Å². The highest BCUT2D eigenvalue weighted by Crippen LogP contribution is 2.32. The number of nitro groups is 1. The molecule has 0 bridgehead atoms. The number of amides is 1. The van der Waals surface area contributed by atoms with Crippen molar-refractivity contribution in [1.29, 1.82) is 0 Å². The van der Waals surface area contributed by atoms with Gasteiger partial charge < -0.3 is 10.2 Å². The normalized spacial score (nSPS) is 15.1. The Morgan fingerprint density at radius 3 is 2.43 bits per heavy atom. The molecule has 10 heteroatoms. The summed E-state index contributed by atoms with van der Waals surface area (Å²) in [5.74, 6) is -0.329. The number of nitro benzene ring substituents is 1. The third kappa shape index (κ3) is 5.47. The summed E-state index contributed by atoms with van der Waals surface area (Å²) >= 11 is 0. The molecule has 1 saturated heterocycles. The maximum atomic E-state index is 12.9. The van der Waals surface area contributed by atoms with Gasteiger partial charge in [-0.05, 0) is 24.3 Å². The lowest BCUT2D eigenvalue weighted by molar-refractivity contribution is -0.383. The lowest BCUT2D eigenvalue weighted by Gasteiger charge is -2.36. The molecule has 1 aliphatic rings. The average Bonchev–Trinajstić information content (AvgIpc) is 2.72. The molecule has 1 amide bonds. The van der Waals surface area contributed by atoms with E-state index in [4.69, 9.17) is 0 Å². The van der Waals surface area contributed by atoms with Crippen molar-refractivity contribution in [3.8, 4) is 0 Å². The van der Waals surface area contributed by atoms with E-state index in [1.165, 1.54) is 24.3 Å². The van der Waals surface area contributed by atoms with Gasteiger partial charge in [-0.15, -0.1) is 0 Å². The minimum absolute atomic E-state index is 0.155. The van der Waals surface area contributed by atoms with E-state index in [2.05, 4.69) is 5.32 Å². The van der Waals surface area contributed by atoms with Crippen LogP contribution in [0.4, 0.5) is 30.2 Å². The molecule has 1 fully saturated rings. The number of alkyl halides is 3. The number of halogens is 3. The largest absolute Gasteiger partial charge is 0.416 e. The van der Waals surface area contributed by atoms with Crippen molar-refractivity contribution >= 4 is 23.0 Å².